The zero-order valence-electron chi connectivity index (χ0n) is 13.6. The predicted octanol–water partition coefficient (Wildman–Crippen LogP) is 4.10. The molecular weight excluding hydrogens is 258 g/mol. The molecule has 1 saturated carbocycles. The van der Waals surface area contributed by atoms with Gasteiger partial charge < -0.3 is 10.1 Å². The molecule has 0 heterocycles. The van der Waals surface area contributed by atoms with E-state index in [0.29, 0.717) is 18.2 Å². The van der Waals surface area contributed by atoms with Crippen molar-refractivity contribution in [3.8, 4) is 0 Å². The van der Waals surface area contributed by atoms with Crippen molar-refractivity contribution in [2.24, 2.45) is 11.8 Å². The molecule has 116 valence electrons. The van der Waals surface area contributed by atoms with Crippen LogP contribution >= 0.6 is 0 Å². The highest BCUT2D eigenvalue weighted by Crippen LogP contribution is 2.37. The highest BCUT2D eigenvalue weighted by molar-refractivity contribution is 5.36. The Bertz CT molecular complexity index is 472. The molecule has 0 aromatic heterocycles. The summed E-state index contributed by atoms with van der Waals surface area (Å²) in [5.74, 6) is 1.65. The first-order chi connectivity index (χ1) is 10.2. The summed E-state index contributed by atoms with van der Waals surface area (Å²) in [6, 6.07) is 9.19. The third kappa shape index (κ3) is 3.17. The number of hydrogen-bond acceptors (Lipinski definition) is 2. The van der Waals surface area contributed by atoms with E-state index < -0.39 is 0 Å². The molecule has 2 aliphatic rings. The molecule has 0 amide bonds. The summed E-state index contributed by atoms with van der Waals surface area (Å²) in [4.78, 5) is 0. The Labute approximate surface area is 129 Å². The topological polar surface area (TPSA) is 21.3 Å². The zero-order valence-corrected chi connectivity index (χ0v) is 13.6. The minimum absolute atomic E-state index is 0.313. The lowest BCUT2D eigenvalue weighted by Crippen LogP contribution is -2.36. The van der Waals surface area contributed by atoms with E-state index >= 15 is 0 Å². The Morgan fingerprint density at radius 1 is 1.14 bits per heavy atom. The molecule has 0 spiro atoms. The van der Waals surface area contributed by atoms with Gasteiger partial charge in [0.1, 0.15) is 0 Å². The molecule has 5 unspecified atom stereocenters. The molecule has 0 saturated heterocycles. The SMILES string of the molecule is CCNC1c2ccccc2CC1OC1CCC(C)C(C)C1. The van der Waals surface area contributed by atoms with Gasteiger partial charge in [-0.1, -0.05) is 45.0 Å². The quantitative estimate of drug-likeness (QED) is 0.900. The average molecular weight is 287 g/mol. The Hall–Kier alpha value is -0.860. The minimum atomic E-state index is 0.313. The Morgan fingerprint density at radius 3 is 2.71 bits per heavy atom. The minimum Gasteiger partial charge on any atom is -0.373 e. The molecule has 2 heteroatoms. The number of nitrogens with one attached hydrogen (secondary N) is 1. The van der Waals surface area contributed by atoms with Gasteiger partial charge in [-0.2, -0.15) is 0 Å². The fourth-order valence-corrected chi connectivity index (χ4v) is 4.02. The van der Waals surface area contributed by atoms with Gasteiger partial charge in [0.25, 0.3) is 0 Å². The van der Waals surface area contributed by atoms with Gasteiger partial charge in [0.05, 0.1) is 18.2 Å². The van der Waals surface area contributed by atoms with Crippen LogP contribution in [0.25, 0.3) is 0 Å². The summed E-state index contributed by atoms with van der Waals surface area (Å²) in [5.41, 5.74) is 2.91. The lowest BCUT2D eigenvalue weighted by Gasteiger charge is -2.35. The lowest BCUT2D eigenvalue weighted by atomic mass is 9.80. The molecule has 0 radical (unpaired) electrons. The van der Waals surface area contributed by atoms with E-state index in [4.69, 9.17) is 4.74 Å². The first-order valence-corrected chi connectivity index (χ1v) is 8.65. The van der Waals surface area contributed by atoms with Crippen molar-refractivity contribution in [2.45, 2.75) is 64.7 Å². The van der Waals surface area contributed by atoms with Gasteiger partial charge in [0.2, 0.25) is 0 Å². The van der Waals surface area contributed by atoms with Crippen LogP contribution in [0, 0.1) is 11.8 Å². The van der Waals surface area contributed by atoms with Gasteiger partial charge in [-0.3, -0.25) is 0 Å². The summed E-state index contributed by atoms with van der Waals surface area (Å²) in [5, 5.41) is 3.64. The Kier molecular flexibility index (Phi) is 4.66. The smallest absolute Gasteiger partial charge is 0.0813 e. The number of likely N-dealkylation sites (N-methyl/N-ethyl adjacent to an activating group) is 1. The van der Waals surface area contributed by atoms with Crippen LogP contribution in [-0.4, -0.2) is 18.8 Å². The molecule has 2 nitrogen and oxygen atoms in total. The van der Waals surface area contributed by atoms with E-state index in [-0.39, 0.29) is 0 Å². The molecule has 0 bridgehead atoms. The van der Waals surface area contributed by atoms with Gasteiger partial charge in [-0.15, -0.1) is 0 Å². The third-order valence-electron chi connectivity index (χ3n) is 5.52. The molecule has 0 aliphatic heterocycles. The first-order valence-electron chi connectivity index (χ1n) is 8.65. The van der Waals surface area contributed by atoms with E-state index in [9.17, 15) is 0 Å². The predicted molar refractivity (Wildman–Crippen MR) is 87.4 cm³/mol. The van der Waals surface area contributed by atoms with Crippen molar-refractivity contribution in [1.29, 1.82) is 0 Å². The van der Waals surface area contributed by atoms with Crippen molar-refractivity contribution < 1.29 is 4.74 Å². The van der Waals surface area contributed by atoms with Crippen molar-refractivity contribution in [3.05, 3.63) is 35.4 Å². The fourth-order valence-electron chi connectivity index (χ4n) is 4.02. The van der Waals surface area contributed by atoms with Crippen LogP contribution in [0.5, 0.6) is 0 Å². The highest BCUT2D eigenvalue weighted by Gasteiger charge is 2.35. The van der Waals surface area contributed by atoms with Crippen LogP contribution in [0.4, 0.5) is 0 Å². The number of benzene rings is 1. The fraction of sp³-hybridized carbons (Fsp3) is 0.684. The molecule has 5 atom stereocenters. The van der Waals surface area contributed by atoms with Gasteiger partial charge in [0.15, 0.2) is 0 Å². The molecule has 21 heavy (non-hydrogen) atoms. The Balaban J connectivity index is 1.68. The number of rotatable bonds is 4. The second-order valence-corrected chi connectivity index (χ2v) is 7.00. The third-order valence-corrected chi connectivity index (χ3v) is 5.52. The average Bonchev–Trinajstić information content (AvgIpc) is 2.81. The summed E-state index contributed by atoms with van der Waals surface area (Å²) in [6.45, 7) is 7.94. The summed E-state index contributed by atoms with van der Waals surface area (Å²) in [7, 11) is 0. The molecule has 1 aromatic carbocycles. The van der Waals surface area contributed by atoms with Gasteiger partial charge in [-0.25, -0.2) is 0 Å². The van der Waals surface area contributed by atoms with Crippen LogP contribution < -0.4 is 5.32 Å². The molecule has 1 fully saturated rings. The van der Waals surface area contributed by atoms with E-state index in [2.05, 4.69) is 50.4 Å². The largest absolute Gasteiger partial charge is 0.373 e. The molecular formula is C19H29NO. The van der Waals surface area contributed by atoms with Crippen LogP contribution in [0.1, 0.15) is 57.2 Å². The van der Waals surface area contributed by atoms with E-state index in [1.54, 1.807) is 0 Å². The normalized spacial score (nSPS) is 35.7. The van der Waals surface area contributed by atoms with Crippen LogP contribution in [0.15, 0.2) is 24.3 Å². The van der Waals surface area contributed by atoms with Crippen LogP contribution in [-0.2, 0) is 11.2 Å². The zero-order chi connectivity index (χ0) is 14.8. The molecule has 1 N–H and O–H groups in total. The highest BCUT2D eigenvalue weighted by atomic mass is 16.5. The van der Waals surface area contributed by atoms with Gasteiger partial charge in [-0.05, 0) is 48.8 Å². The van der Waals surface area contributed by atoms with Crippen molar-refractivity contribution in [2.75, 3.05) is 6.54 Å². The summed E-state index contributed by atoms with van der Waals surface area (Å²) >= 11 is 0. The lowest BCUT2D eigenvalue weighted by molar-refractivity contribution is -0.0567. The second-order valence-electron chi connectivity index (χ2n) is 7.00. The van der Waals surface area contributed by atoms with Gasteiger partial charge >= 0.3 is 0 Å². The number of hydrogen-bond donors (Lipinski definition) is 1. The van der Waals surface area contributed by atoms with Crippen molar-refractivity contribution in [3.63, 3.8) is 0 Å². The maximum absolute atomic E-state index is 6.56. The summed E-state index contributed by atoms with van der Waals surface area (Å²) < 4.78 is 6.56. The maximum Gasteiger partial charge on any atom is 0.0813 e. The van der Waals surface area contributed by atoms with Crippen LogP contribution in [0.3, 0.4) is 0 Å². The van der Waals surface area contributed by atoms with Crippen molar-refractivity contribution in [1.82, 2.24) is 5.32 Å². The second kappa shape index (κ2) is 6.50. The van der Waals surface area contributed by atoms with E-state index in [0.717, 1.165) is 24.8 Å². The Morgan fingerprint density at radius 2 is 1.95 bits per heavy atom. The van der Waals surface area contributed by atoms with E-state index in [1.807, 2.05) is 0 Å². The molecule has 1 aromatic rings. The van der Waals surface area contributed by atoms with Crippen molar-refractivity contribution >= 4 is 0 Å². The standard InChI is InChI=1S/C19H29NO/c1-4-20-19-17-8-6-5-7-15(17)12-18(19)21-16-10-9-13(2)14(3)11-16/h5-8,13-14,16,18-20H,4,9-12H2,1-3H3. The first kappa shape index (κ1) is 15.1. The maximum atomic E-state index is 6.56. The molecule has 3 rings (SSSR count). The monoisotopic (exact) mass is 287 g/mol. The van der Waals surface area contributed by atoms with Gasteiger partial charge in [0, 0.05) is 6.42 Å². The van der Waals surface area contributed by atoms with E-state index in [1.165, 1.54) is 30.4 Å². The number of ether oxygens (including phenoxy) is 1. The molecule has 2 aliphatic carbocycles. The number of fused-ring (bicyclic) bond motifs is 1. The summed E-state index contributed by atoms with van der Waals surface area (Å²) in [6.07, 6.45) is 5.61. The van der Waals surface area contributed by atoms with Crippen LogP contribution in [0.2, 0.25) is 0 Å².